The second-order valence-electron chi connectivity index (χ2n) is 5.24. The molecule has 0 aliphatic rings. The molecule has 0 aliphatic heterocycles. The van der Waals surface area contributed by atoms with Gasteiger partial charge in [-0.05, 0) is 44.2 Å². The van der Waals surface area contributed by atoms with Crippen LogP contribution in [-0.2, 0) is 0 Å². The average Bonchev–Trinajstić information content (AvgIpc) is 2.79. The standard InChI is InChI=1S/C16H15ClFN3/c1-9(2)21-14-5-3-4-12(18)15(14)20-16(21)11-7-6-10(17)8-13(11)19/h3-9H,19H2,1-2H3. The highest BCUT2D eigenvalue weighted by Crippen LogP contribution is 2.33. The van der Waals surface area contributed by atoms with Gasteiger partial charge < -0.3 is 10.3 Å². The molecule has 5 heteroatoms. The van der Waals surface area contributed by atoms with Gasteiger partial charge >= 0.3 is 0 Å². The van der Waals surface area contributed by atoms with E-state index in [1.807, 2.05) is 30.5 Å². The number of aromatic nitrogens is 2. The van der Waals surface area contributed by atoms with Crippen molar-refractivity contribution in [1.29, 1.82) is 0 Å². The van der Waals surface area contributed by atoms with Gasteiger partial charge in [0.2, 0.25) is 0 Å². The predicted molar refractivity (Wildman–Crippen MR) is 84.9 cm³/mol. The Morgan fingerprint density at radius 2 is 2.00 bits per heavy atom. The summed E-state index contributed by atoms with van der Waals surface area (Å²) in [5.74, 6) is 0.319. The Labute approximate surface area is 127 Å². The van der Waals surface area contributed by atoms with Gasteiger partial charge in [0, 0.05) is 22.3 Å². The average molecular weight is 304 g/mol. The fourth-order valence-electron chi connectivity index (χ4n) is 2.53. The van der Waals surface area contributed by atoms with Crippen LogP contribution in [0.2, 0.25) is 5.02 Å². The molecule has 0 spiro atoms. The molecule has 21 heavy (non-hydrogen) atoms. The molecule has 0 amide bonds. The third-order valence-electron chi connectivity index (χ3n) is 3.44. The number of hydrogen-bond donors (Lipinski definition) is 1. The highest BCUT2D eigenvalue weighted by Gasteiger charge is 2.18. The van der Waals surface area contributed by atoms with Crippen LogP contribution >= 0.6 is 11.6 Å². The van der Waals surface area contributed by atoms with E-state index in [9.17, 15) is 4.39 Å². The minimum Gasteiger partial charge on any atom is -0.398 e. The van der Waals surface area contributed by atoms with E-state index in [4.69, 9.17) is 17.3 Å². The zero-order valence-electron chi connectivity index (χ0n) is 11.8. The first-order chi connectivity index (χ1) is 9.99. The Bertz CT molecular complexity index is 824. The van der Waals surface area contributed by atoms with Crippen molar-refractivity contribution in [2.75, 3.05) is 5.73 Å². The molecular weight excluding hydrogens is 289 g/mol. The fraction of sp³-hybridized carbons (Fsp3) is 0.188. The molecule has 1 aromatic heterocycles. The minimum atomic E-state index is -0.333. The van der Waals surface area contributed by atoms with Crippen LogP contribution in [-0.4, -0.2) is 9.55 Å². The van der Waals surface area contributed by atoms with E-state index in [0.717, 1.165) is 11.1 Å². The van der Waals surface area contributed by atoms with Crippen LogP contribution in [0.4, 0.5) is 10.1 Å². The molecular formula is C16H15ClFN3. The first-order valence-electron chi connectivity index (χ1n) is 6.71. The van der Waals surface area contributed by atoms with Gasteiger partial charge in [-0.1, -0.05) is 17.7 Å². The number of anilines is 1. The molecule has 0 atom stereocenters. The lowest BCUT2D eigenvalue weighted by Crippen LogP contribution is -2.04. The van der Waals surface area contributed by atoms with Crippen LogP contribution in [0.3, 0.4) is 0 Å². The lowest BCUT2D eigenvalue weighted by atomic mass is 10.1. The number of hydrogen-bond acceptors (Lipinski definition) is 2. The summed E-state index contributed by atoms with van der Waals surface area (Å²) >= 11 is 5.94. The first kappa shape index (κ1) is 13.9. The zero-order chi connectivity index (χ0) is 15.1. The summed E-state index contributed by atoms with van der Waals surface area (Å²) in [4.78, 5) is 4.46. The molecule has 2 aromatic carbocycles. The van der Waals surface area contributed by atoms with Crippen molar-refractivity contribution >= 4 is 28.3 Å². The zero-order valence-corrected chi connectivity index (χ0v) is 12.5. The number of fused-ring (bicyclic) bond motifs is 1. The summed E-state index contributed by atoms with van der Waals surface area (Å²) in [5, 5.41) is 0.564. The van der Waals surface area contributed by atoms with Crippen molar-refractivity contribution in [3.63, 3.8) is 0 Å². The Balaban J connectivity index is 2.36. The van der Waals surface area contributed by atoms with Crippen LogP contribution in [0.25, 0.3) is 22.4 Å². The van der Waals surface area contributed by atoms with Gasteiger partial charge in [-0.25, -0.2) is 9.37 Å². The second-order valence-corrected chi connectivity index (χ2v) is 5.67. The largest absolute Gasteiger partial charge is 0.398 e. The van der Waals surface area contributed by atoms with Crippen molar-refractivity contribution in [3.05, 3.63) is 47.2 Å². The number of imidazole rings is 1. The lowest BCUT2D eigenvalue weighted by Gasteiger charge is -2.14. The van der Waals surface area contributed by atoms with Gasteiger partial charge in [-0.2, -0.15) is 0 Å². The molecule has 0 saturated heterocycles. The smallest absolute Gasteiger partial charge is 0.151 e. The fourth-order valence-corrected chi connectivity index (χ4v) is 2.71. The summed E-state index contributed by atoms with van der Waals surface area (Å²) in [6.07, 6.45) is 0. The number of para-hydroxylation sites is 1. The molecule has 0 radical (unpaired) electrons. The van der Waals surface area contributed by atoms with Gasteiger partial charge in [-0.15, -0.1) is 0 Å². The summed E-state index contributed by atoms with van der Waals surface area (Å²) < 4.78 is 16.0. The van der Waals surface area contributed by atoms with Crippen LogP contribution < -0.4 is 5.73 Å². The Hall–Kier alpha value is -2.07. The van der Waals surface area contributed by atoms with Gasteiger partial charge in [0.15, 0.2) is 5.82 Å². The molecule has 1 heterocycles. The van der Waals surface area contributed by atoms with Crippen molar-refractivity contribution in [2.24, 2.45) is 0 Å². The maximum Gasteiger partial charge on any atom is 0.151 e. The molecule has 0 aliphatic carbocycles. The second kappa shape index (κ2) is 5.04. The van der Waals surface area contributed by atoms with E-state index >= 15 is 0 Å². The molecule has 0 fully saturated rings. The minimum absolute atomic E-state index is 0.127. The van der Waals surface area contributed by atoms with E-state index in [2.05, 4.69) is 4.98 Å². The van der Waals surface area contributed by atoms with E-state index in [1.54, 1.807) is 18.2 Å². The van der Waals surface area contributed by atoms with Crippen molar-refractivity contribution < 1.29 is 4.39 Å². The maximum atomic E-state index is 14.0. The first-order valence-corrected chi connectivity index (χ1v) is 7.08. The number of halogens is 2. The van der Waals surface area contributed by atoms with E-state index in [0.29, 0.717) is 22.1 Å². The Morgan fingerprint density at radius 3 is 2.67 bits per heavy atom. The highest BCUT2D eigenvalue weighted by molar-refractivity contribution is 6.31. The number of nitrogens with zero attached hydrogens (tertiary/aromatic N) is 2. The molecule has 108 valence electrons. The number of rotatable bonds is 2. The third-order valence-corrected chi connectivity index (χ3v) is 3.68. The van der Waals surface area contributed by atoms with Gasteiger partial charge in [0.1, 0.15) is 11.3 Å². The normalized spacial score (nSPS) is 11.5. The van der Waals surface area contributed by atoms with Crippen molar-refractivity contribution in [3.8, 4) is 11.4 Å². The molecule has 3 rings (SSSR count). The molecule has 3 aromatic rings. The quantitative estimate of drug-likeness (QED) is 0.700. The number of nitrogen functional groups attached to an aromatic ring is 1. The Morgan fingerprint density at radius 1 is 1.24 bits per heavy atom. The SMILES string of the molecule is CC(C)n1c(-c2ccc(Cl)cc2N)nc2c(F)cccc21. The molecule has 0 unspecified atom stereocenters. The molecule has 2 N–H and O–H groups in total. The maximum absolute atomic E-state index is 14.0. The van der Waals surface area contributed by atoms with E-state index < -0.39 is 0 Å². The van der Waals surface area contributed by atoms with Crippen LogP contribution in [0.5, 0.6) is 0 Å². The molecule has 0 saturated carbocycles. The van der Waals surface area contributed by atoms with Crippen molar-refractivity contribution in [1.82, 2.24) is 9.55 Å². The molecule has 3 nitrogen and oxygen atoms in total. The molecule has 0 bridgehead atoms. The summed E-state index contributed by atoms with van der Waals surface area (Å²) in [6.45, 7) is 4.06. The van der Waals surface area contributed by atoms with Crippen LogP contribution in [0.15, 0.2) is 36.4 Å². The summed E-state index contributed by atoms with van der Waals surface area (Å²) in [6, 6.07) is 10.3. The topological polar surface area (TPSA) is 43.8 Å². The summed E-state index contributed by atoms with van der Waals surface area (Å²) in [7, 11) is 0. The third kappa shape index (κ3) is 2.25. The number of nitrogens with two attached hydrogens (primary N) is 1. The highest BCUT2D eigenvalue weighted by atomic mass is 35.5. The van der Waals surface area contributed by atoms with Gasteiger partial charge in [0.05, 0.1) is 5.52 Å². The number of benzene rings is 2. The van der Waals surface area contributed by atoms with E-state index in [-0.39, 0.29) is 11.9 Å². The lowest BCUT2D eigenvalue weighted by molar-refractivity contribution is 0.623. The van der Waals surface area contributed by atoms with Crippen LogP contribution in [0, 0.1) is 5.82 Å². The summed E-state index contributed by atoms with van der Waals surface area (Å²) in [5.41, 5.74) is 8.45. The van der Waals surface area contributed by atoms with Crippen molar-refractivity contribution in [2.45, 2.75) is 19.9 Å². The van der Waals surface area contributed by atoms with Gasteiger partial charge in [-0.3, -0.25) is 0 Å². The van der Waals surface area contributed by atoms with Crippen LogP contribution in [0.1, 0.15) is 19.9 Å². The monoisotopic (exact) mass is 303 g/mol. The predicted octanol–water partition coefficient (Wildman–Crippen LogP) is 4.66. The van der Waals surface area contributed by atoms with Gasteiger partial charge in [0.25, 0.3) is 0 Å². The Kier molecular flexibility index (Phi) is 3.33. The van der Waals surface area contributed by atoms with E-state index in [1.165, 1.54) is 6.07 Å².